The van der Waals surface area contributed by atoms with E-state index in [-0.39, 0.29) is 13.1 Å². The van der Waals surface area contributed by atoms with Crippen LogP contribution in [0.15, 0.2) is 0 Å². The number of nitrogens with one attached hydrogen (secondary N) is 1. The molecule has 0 fully saturated rings. The molecule has 3 N–H and O–H groups in total. The van der Waals surface area contributed by atoms with Crippen LogP contribution in [-0.2, 0) is 9.59 Å². The molecule has 0 saturated carbocycles. The summed E-state index contributed by atoms with van der Waals surface area (Å²) in [6.45, 7) is -0.399. The van der Waals surface area contributed by atoms with Crippen LogP contribution in [0.25, 0.3) is 0 Å². The SMILES string of the molecule is [2H]C(=O)CNC(=O)CN. The summed E-state index contributed by atoms with van der Waals surface area (Å²) >= 11 is 0. The van der Waals surface area contributed by atoms with Gasteiger partial charge >= 0.3 is 0 Å². The zero-order valence-corrected chi connectivity index (χ0v) is 4.31. The van der Waals surface area contributed by atoms with Crippen molar-refractivity contribution in [2.24, 2.45) is 5.73 Å². The van der Waals surface area contributed by atoms with Crippen LogP contribution in [-0.4, -0.2) is 25.3 Å². The van der Waals surface area contributed by atoms with E-state index in [0.29, 0.717) is 0 Å². The lowest BCUT2D eigenvalue weighted by Gasteiger charge is -1.93. The Morgan fingerprint density at radius 2 is 2.62 bits per heavy atom. The molecule has 0 aromatic carbocycles. The highest BCUT2D eigenvalue weighted by Gasteiger charge is 1.91. The van der Waals surface area contributed by atoms with Gasteiger partial charge in [-0.15, -0.1) is 0 Å². The molecule has 0 aliphatic heterocycles. The monoisotopic (exact) mass is 117 g/mol. The van der Waals surface area contributed by atoms with Crippen LogP contribution in [0.1, 0.15) is 1.37 Å². The van der Waals surface area contributed by atoms with E-state index in [9.17, 15) is 9.59 Å². The lowest BCUT2D eigenvalue weighted by molar-refractivity contribution is -0.121. The molecule has 0 atom stereocenters. The minimum atomic E-state index is -0.822. The van der Waals surface area contributed by atoms with Crippen molar-refractivity contribution in [1.82, 2.24) is 5.32 Å². The van der Waals surface area contributed by atoms with Crippen LogP contribution in [0, 0.1) is 0 Å². The quantitative estimate of drug-likeness (QED) is 0.431. The maximum atomic E-state index is 10.2. The molecule has 8 heavy (non-hydrogen) atoms. The molecular weight excluding hydrogens is 108 g/mol. The second-order valence-corrected chi connectivity index (χ2v) is 1.13. The van der Waals surface area contributed by atoms with Gasteiger partial charge in [0.1, 0.15) is 7.63 Å². The fraction of sp³-hybridized carbons (Fsp3) is 0.500. The van der Waals surface area contributed by atoms with E-state index in [1.165, 1.54) is 0 Å². The fourth-order valence-corrected chi connectivity index (χ4v) is 0.207. The highest BCUT2D eigenvalue weighted by atomic mass is 16.2. The van der Waals surface area contributed by atoms with E-state index in [1.807, 2.05) is 0 Å². The van der Waals surface area contributed by atoms with Crippen LogP contribution in [0.4, 0.5) is 0 Å². The Morgan fingerprint density at radius 1 is 2.00 bits per heavy atom. The Balaban J connectivity index is 3.28. The number of hydrogen-bond donors (Lipinski definition) is 2. The van der Waals surface area contributed by atoms with Crippen molar-refractivity contribution in [2.45, 2.75) is 0 Å². The molecule has 0 bridgehead atoms. The third-order valence-electron chi connectivity index (χ3n) is 0.543. The summed E-state index contributed by atoms with van der Waals surface area (Å²) in [7, 11) is 0. The first-order valence-corrected chi connectivity index (χ1v) is 2.13. The van der Waals surface area contributed by atoms with Gasteiger partial charge in [-0.2, -0.15) is 0 Å². The molecule has 0 radical (unpaired) electrons. The smallest absolute Gasteiger partial charge is 0.234 e. The van der Waals surface area contributed by atoms with Crippen LogP contribution < -0.4 is 11.1 Å². The number of aldehydes is 1. The van der Waals surface area contributed by atoms with E-state index in [4.69, 9.17) is 7.10 Å². The maximum Gasteiger partial charge on any atom is 0.234 e. The summed E-state index contributed by atoms with van der Waals surface area (Å²) in [5.41, 5.74) is 4.87. The van der Waals surface area contributed by atoms with Gasteiger partial charge in [-0.05, 0) is 0 Å². The van der Waals surface area contributed by atoms with Crippen molar-refractivity contribution in [1.29, 1.82) is 0 Å². The van der Waals surface area contributed by atoms with Crippen molar-refractivity contribution >= 4 is 12.2 Å². The predicted molar refractivity (Wildman–Crippen MR) is 28.1 cm³/mol. The van der Waals surface area contributed by atoms with Gasteiger partial charge in [0.05, 0.1) is 13.1 Å². The molecule has 46 valence electrons. The van der Waals surface area contributed by atoms with E-state index in [2.05, 4.69) is 5.32 Å². The molecule has 0 unspecified atom stereocenters. The van der Waals surface area contributed by atoms with E-state index in [0.717, 1.165) is 0 Å². The van der Waals surface area contributed by atoms with Gasteiger partial charge in [0.25, 0.3) is 0 Å². The van der Waals surface area contributed by atoms with Crippen LogP contribution >= 0.6 is 0 Å². The first kappa shape index (κ1) is 5.24. The summed E-state index contributed by atoms with van der Waals surface area (Å²) in [5, 5.41) is 2.13. The number of hydrogen-bond acceptors (Lipinski definition) is 3. The number of carbonyl (C=O) groups is 2. The van der Waals surface area contributed by atoms with Crippen molar-refractivity contribution in [2.75, 3.05) is 13.1 Å². The average molecular weight is 117 g/mol. The largest absolute Gasteiger partial charge is 0.348 e. The van der Waals surface area contributed by atoms with Gasteiger partial charge in [-0.1, -0.05) is 0 Å². The number of amides is 1. The lowest BCUT2D eigenvalue weighted by atomic mass is 10.6. The van der Waals surface area contributed by atoms with Gasteiger partial charge in [0, 0.05) is 0 Å². The normalized spacial score (nSPS) is 9.88. The van der Waals surface area contributed by atoms with E-state index in [1.54, 1.807) is 0 Å². The van der Waals surface area contributed by atoms with Gasteiger partial charge in [-0.3, -0.25) is 4.79 Å². The third kappa shape index (κ3) is 3.30. The third-order valence-corrected chi connectivity index (χ3v) is 0.543. The Bertz CT molecular complexity index is 126. The number of rotatable bonds is 3. The first-order valence-electron chi connectivity index (χ1n) is 2.63. The molecule has 1 amide bonds. The fourth-order valence-electron chi connectivity index (χ4n) is 0.207. The van der Waals surface area contributed by atoms with Crippen LogP contribution in [0.2, 0.25) is 0 Å². The lowest BCUT2D eigenvalue weighted by Crippen LogP contribution is -2.31. The molecule has 0 rings (SSSR count). The first-order chi connectivity index (χ1) is 4.16. The number of carbonyl (C=O) groups excluding carboxylic acids is 2. The molecule has 0 spiro atoms. The Labute approximate surface area is 48.5 Å². The van der Waals surface area contributed by atoms with Crippen LogP contribution in [0.3, 0.4) is 0 Å². The molecule has 0 saturated heterocycles. The van der Waals surface area contributed by atoms with Gasteiger partial charge in [0.15, 0.2) is 0 Å². The maximum absolute atomic E-state index is 10.2. The van der Waals surface area contributed by atoms with Gasteiger partial charge in [-0.25, -0.2) is 0 Å². The second-order valence-electron chi connectivity index (χ2n) is 1.13. The standard InChI is InChI=1S/C4H8N2O2/c5-3-4(8)6-1-2-7/h2H,1,3,5H2,(H,6,8)/i2D. The zero-order chi connectivity index (χ0) is 7.28. The van der Waals surface area contributed by atoms with Crippen molar-refractivity contribution in [3.8, 4) is 0 Å². The minimum absolute atomic E-state index is 0.146. The Hall–Kier alpha value is -0.900. The zero-order valence-electron chi connectivity index (χ0n) is 5.31. The van der Waals surface area contributed by atoms with E-state index < -0.39 is 12.2 Å². The van der Waals surface area contributed by atoms with Gasteiger partial charge < -0.3 is 15.8 Å². The van der Waals surface area contributed by atoms with E-state index >= 15 is 0 Å². The molecule has 0 aromatic heterocycles. The highest BCUT2D eigenvalue weighted by molar-refractivity contribution is 5.79. The molecule has 4 nitrogen and oxygen atoms in total. The molecule has 0 aromatic rings. The summed E-state index contributed by atoms with van der Waals surface area (Å²) in [6, 6.07) is 0. The number of nitrogens with two attached hydrogens (primary N) is 1. The summed E-state index contributed by atoms with van der Waals surface area (Å²) in [4.78, 5) is 20.1. The predicted octanol–water partition coefficient (Wildman–Crippen LogP) is -1.74. The van der Waals surface area contributed by atoms with Crippen molar-refractivity contribution in [3.63, 3.8) is 0 Å². The summed E-state index contributed by atoms with van der Waals surface area (Å²) in [6.07, 6.45) is -0.822. The van der Waals surface area contributed by atoms with Crippen LogP contribution in [0.5, 0.6) is 0 Å². The summed E-state index contributed by atoms with van der Waals surface area (Å²) in [5.74, 6) is -0.421. The molecule has 0 heterocycles. The Morgan fingerprint density at radius 3 is 3.00 bits per heavy atom. The molecule has 0 aliphatic carbocycles. The molecule has 0 aliphatic rings. The highest BCUT2D eigenvalue weighted by Crippen LogP contribution is 1.53. The summed E-state index contributed by atoms with van der Waals surface area (Å²) < 4.78 is 6.35. The van der Waals surface area contributed by atoms with Gasteiger partial charge in [0.2, 0.25) is 5.91 Å². The average Bonchev–Trinajstić information content (AvgIpc) is 1.83. The second kappa shape index (κ2) is 4.26. The molecule has 4 heteroatoms. The molecular formula is C4H8N2O2. The Kier molecular flexibility index (Phi) is 2.79. The topological polar surface area (TPSA) is 72.2 Å². The van der Waals surface area contributed by atoms with Crippen molar-refractivity contribution < 1.29 is 11.0 Å². The van der Waals surface area contributed by atoms with Crippen molar-refractivity contribution in [3.05, 3.63) is 0 Å². The minimum Gasteiger partial charge on any atom is -0.348 e.